The Morgan fingerprint density at radius 3 is 2.64 bits per heavy atom. The first-order valence-corrected chi connectivity index (χ1v) is 8.22. The van der Waals surface area contributed by atoms with Crippen molar-refractivity contribution in [1.82, 2.24) is 20.0 Å². The van der Waals surface area contributed by atoms with Crippen molar-refractivity contribution in [2.24, 2.45) is 5.73 Å². The fourth-order valence-electron chi connectivity index (χ4n) is 2.49. The van der Waals surface area contributed by atoms with Crippen LogP contribution in [0.5, 0.6) is 0 Å². The Hall–Kier alpha value is -2.68. The van der Waals surface area contributed by atoms with E-state index in [-0.39, 0.29) is 5.69 Å². The maximum atomic E-state index is 12.5. The second-order valence-corrected chi connectivity index (χ2v) is 7.27. The van der Waals surface area contributed by atoms with Crippen LogP contribution in [0.1, 0.15) is 31.3 Å². The van der Waals surface area contributed by atoms with Crippen molar-refractivity contribution in [3.05, 3.63) is 34.6 Å². The van der Waals surface area contributed by atoms with Crippen molar-refractivity contribution >= 4 is 38.8 Å². The van der Waals surface area contributed by atoms with Crippen LogP contribution in [-0.4, -0.2) is 37.6 Å². The summed E-state index contributed by atoms with van der Waals surface area (Å²) < 4.78 is 7.49. The highest BCUT2D eigenvalue weighted by Crippen LogP contribution is 2.35. The summed E-state index contributed by atoms with van der Waals surface area (Å²) >= 11 is 3.46. The Morgan fingerprint density at radius 1 is 1.28 bits per heavy atom. The molecule has 2 aromatic heterocycles. The van der Waals surface area contributed by atoms with E-state index in [1.165, 1.54) is 4.57 Å². The molecule has 25 heavy (non-hydrogen) atoms. The van der Waals surface area contributed by atoms with Crippen molar-refractivity contribution in [2.45, 2.75) is 26.4 Å². The molecule has 3 aromatic rings. The molecule has 0 spiro atoms. The quantitative estimate of drug-likeness (QED) is 0.679. The highest BCUT2D eigenvalue weighted by atomic mass is 79.9. The van der Waals surface area contributed by atoms with E-state index in [2.05, 4.69) is 31.3 Å². The third-order valence-electron chi connectivity index (χ3n) is 3.41. The van der Waals surface area contributed by atoms with Gasteiger partial charge in [0.15, 0.2) is 5.69 Å². The topological polar surface area (TPSA) is 116 Å². The Kier molecular flexibility index (Phi) is 4.11. The molecule has 1 aromatic carbocycles. The number of nitrogens with zero attached hydrogens (tertiary/aromatic N) is 3. The van der Waals surface area contributed by atoms with Gasteiger partial charge in [-0.1, -0.05) is 12.1 Å². The van der Waals surface area contributed by atoms with Gasteiger partial charge in [0.25, 0.3) is 5.91 Å². The third-order valence-corrected chi connectivity index (χ3v) is 4.01. The van der Waals surface area contributed by atoms with Crippen LogP contribution in [0.2, 0.25) is 0 Å². The lowest BCUT2D eigenvalue weighted by molar-refractivity contribution is 0.0544. The summed E-state index contributed by atoms with van der Waals surface area (Å²) in [5.74, 6) is -0.691. The number of nitrogens with one attached hydrogen (secondary N) is 1. The van der Waals surface area contributed by atoms with E-state index in [9.17, 15) is 9.59 Å². The van der Waals surface area contributed by atoms with E-state index < -0.39 is 17.6 Å². The van der Waals surface area contributed by atoms with Crippen molar-refractivity contribution in [2.75, 3.05) is 0 Å². The molecule has 0 unspecified atom stereocenters. The summed E-state index contributed by atoms with van der Waals surface area (Å²) in [7, 11) is 0. The van der Waals surface area contributed by atoms with E-state index in [0.717, 1.165) is 0 Å². The van der Waals surface area contributed by atoms with Crippen molar-refractivity contribution in [1.29, 1.82) is 0 Å². The van der Waals surface area contributed by atoms with Crippen LogP contribution in [0.25, 0.3) is 22.2 Å². The minimum atomic E-state index is -0.691. The first-order chi connectivity index (χ1) is 11.7. The molecule has 0 aliphatic rings. The molecule has 0 saturated carbocycles. The number of fused-ring (bicyclic) bond motifs is 1. The Morgan fingerprint density at radius 2 is 2.00 bits per heavy atom. The fourth-order valence-corrected chi connectivity index (χ4v) is 3.11. The van der Waals surface area contributed by atoms with Gasteiger partial charge in [0.1, 0.15) is 11.3 Å². The second kappa shape index (κ2) is 5.99. The van der Waals surface area contributed by atoms with Gasteiger partial charge in [0.05, 0.1) is 5.52 Å². The third kappa shape index (κ3) is 3.14. The van der Waals surface area contributed by atoms with Crippen LogP contribution < -0.4 is 5.73 Å². The van der Waals surface area contributed by atoms with Gasteiger partial charge in [-0.3, -0.25) is 9.36 Å². The number of halogens is 1. The molecule has 0 aliphatic heterocycles. The molecule has 1 amide bonds. The van der Waals surface area contributed by atoms with Gasteiger partial charge in [-0.25, -0.2) is 4.79 Å². The van der Waals surface area contributed by atoms with Crippen molar-refractivity contribution in [3.63, 3.8) is 0 Å². The minimum absolute atomic E-state index is 0.0319. The van der Waals surface area contributed by atoms with Gasteiger partial charge in [0, 0.05) is 21.6 Å². The van der Waals surface area contributed by atoms with Crippen LogP contribution in [-0.2, 0) is 4.74 Å². The molecular weight excluding hydrogens is 390 g/mol. The first kappa shape index (κ1) is 17.2. The molecule has 3 rings (SSSR count). The van der Waals surface area contributed by atoms with Gasteiger partial charge in [-0.2, -0.15) is 15.4 Å². The van der Waals surface area contributed by atoms with E-state index >= 15 is 0 Å². The maximum Gasteiger partial charge on any atom is 0.419 e. The molecule has 0 bridgehead atoms. The summed E-state index contributed by atoms with van der Waals surface area (Å²) in [6, 6.07) is 5.30. The number of aromatic nitrogens is 4. The number of carbonyl (C=O) groups excluding carboxylic acids is 2. The van der Waals surface area contributed by atoms with Crippen LogP contribution in [0.4, 0.5) is 4.79 Å². The van der Waals surface area contributed by atoms with Crippen molar-refractivity contribution in [3.8, 4) is 11.3 Å². The maximum absolute atomic E-state index is 12.5. The van der Waals surface area contributed by atoms with Gasteiger partial charge >= 0.3 is 6.09 Å². The number of rotatable bonds is 2. The van der Waals surface area contributed by atoms with Crippen LogP contribution >= 0.6 is 15.9 Å². The molecule has 0 aliphatic carbocycles. The van der Waals surface area contributed by atoms with Gasteiger partial charge in [0.2, 0.25) is 0 Å². The lowest BCUT2D eigenvalue weighted by Crippen LogP contribution is -2.26. The smallest absolute Gasteiger partial charge is 0.419 e. The van der Waals surface area contributed by atoms with Crippen LogP contribution in [0.3, 0.4) is 0 Å². The number of benzene rings is 1. The second-order valence-electron chi connectivity index (χ2n) is 6.41. The summed E-state index contributed by atoms with van der Waals surface area (Å²) in [5.41, 5.74) is 6.31. The zero-order valence-corrected chi connectivity index (χ0v) is 15.4. The summed E-state index contributed by atoms with van der Waals surface area (Å²) in [5, 5.41) is 10.9. The van der Waals surface area contributed by atoms with E-state index in [1.54, 1.807) is 45.2 Å². The largest absolute Gasteiger partial charge is 0.443 e. The number of nitrogens with two attached hydrogens (primary N) is 1. The molecule has 9 heteroatoms. The summed E-state index contributed by atoms with van der Waals surface area (Å²) in [6.07, 6.45) is 1.11. The summed E-state index contributed by atoms with van der Waals surface area (Å²) in [4.78, 5) is 24.0. The number of hydrogen-bond donors (Lipinski definition) is 2. The lowest BCUT2D eigenvalue weighted by Gasteiger charge is -2.19. The number of amides is 1. The number of primary amides is 1. The number of hydrogen-bond acceptors (Lipinski definition) is 5. The molecule has 0 fully saturated rings. The van der Waals surface area contributed by atoms with Crippen molar-refractivity contribution < 1.29 is 14.3 Å². The predicted molar refractivity (Wildman–Crippen MR) is 95.2 cm³/mol. The molecule has 8 nitrogen and oxygen atoms in total. The molecular formula is C16H16BrN5O3. The highest BCUT2D eigenvalue weighted by molar-refractivity contribution is 9.10. The predicted octanol–water partition coefficient (Wildman–Crippen LogP) is 3.07. The van der Waals surface area contributed by atoms with E-state index in [0.29, 0.717) is 26.6 Å². The van der Waals surface area contributed by atoms with Gasteiger partial charge in [-0.05, 0) is 42.8 Å². The molecule has 3 N–H and O–H groups in total. The normalized spacial score (nSPS) is 11.7. The van der Waals surface area contributed by atoms with Crippen LogP contribution in [0.15, 0.2) is 28.9 Å². The Labute approximate surface area is 151 Å². The Bertz CT molecular complexity index is 983. The SMILES string of the molecule is CC(C)(C)OC(=O)n1cc(Br)c2c(-c3n[nH]nc3C(N)=O)cccc21. The lowest BCUT2D eigenvalue weighted by atomic mass is 10.1. The van der Waals surface area contributed by atoms with Gasteiger partial charge < -0.3 is 10.5 Å². The number of H-pyrrole nitrogens is 1. The number of ether oxygens (including phenoxy) is 1. The Balaban J connectivity index is 2.20. The van der Waals surface area contributed by atoms with E-state index in [1.807, 2.05) is 0 Å². The molecule has 0 radical (unpaired) electrons. The first-order valence-electron chi connectivity index (χ1n) is 7.43. The minimum Gasteiger partial charge on any atom is -0.443 e. The fraction of sp³-hybridized carbons (Fsp3) is 0.250. The number of aromatic amines is 1. The molecule has 130 valence electrons. The van der Waals surface area contributed by atoms with Gasteiger partial charge in [-0.15, -0.1) is 0 Å². The summed E-state index contributed by atoms with van der Waals surface area (Å²) in [6.45, 7) is 5.39. The van der Waals surface area contributed by atoms with Crippen LogP contribution in [0, 0.1) is 0 Å². The average molecular weight is 406 g/mol. The standard InChI is InChI=1S/C16H16BrN5O3/c1-16(2,3)25-15(24)22-7-9(17)11-8(5-4-6-10(11)22)12-13(14(18)23)20-21-19-12/h4-7H,1-3H3,(H2,18,23)(H,19,20,21). The zero-order chi connectivity index (χ0) is 18.4. The monoisotopic (exact) mass is 405 g/mol. The highest BCUT2D eigenvalue weighted by Gasteiger charge is 2.24. The average Bonchev–Trinajstić information content (AvgIpc) is 3.10. The van der Waals surface area contributed by atoms with E-state index in [4.69, 9.17) is 10.5 Å². The molecule has 2 heterocycles. The number of carbonyl (C=O) groups is 2. The molecule has 0 atom stereocenters. The zero-order valence-electron chi connectivity index (χ0n) is 13.8. The molecule has 0 saturated heterocycles.